The number of nitrogens with two attached hydrogens (primary N) is 1. The molecule has 0 fully saturated rings. The fourth-order valence-electron chi connectivity index (χ4n) is 2.88. The van der Waals surface area contributed by atoms with Gasteiger partial charge in [0, 0.05) is 23.5 Å². The number of benzene rings is 2. The molecule has 0 amide bonds. The Balaban J connectivity index is 1.92. The van der Waals surface area contributed by atoms with Crippen LogP contribution in [-0.4, -0.2) is 4.57 Å². The van der Waals surface area contributed by atoms with Crippen LogP contribution in [0.5, 0.6) is 5.75 Å². The zero-order chi connectivity index (χ0) is 16.4. The first-order valence-corrected chi connectivity index (χ1v) is 7.79. The van der Waals surface area contributed by atoms with Crippen molar-refractivity contribution in [2.45, 2.75) is 33.0 Å². The fourth-order valence-corrected chi connectivity index (χ4v) is 2.88. The maximum Gasteiger partial charge on any atom is 0.128 e. The van der Waals surface area contributed by atoms with Crippen molar-refractivity contribution in [3.05, 3.63) is 65.6 Å². The van der Waals surface area contributed by atoms with Crippen molar-refractivity contribution in [2.24, 2.45) is 5.73 Å². The van der Waals surface area contributed by atoms with Gasteiger partial charge < -0.3 is 15.0 Å². The van der Waals surface area contributed by atoms with Gasteiger partial charge in [-0.1, -0.05) is 6.07 Å². The Hall–Kier alpha value is -2.33. The molecule has 0 spiro atoms. The van der Waals surface area contributed by atoms with Gasteiger partial charge in [0.1, 0.15) is 18.2 Å². The first-order valence-electron chi connectivity index (χ1n) is 7.79. The quantitative estimate of drug-likeness (QED) is 0.758. The molecule has 0 aliphatic heterocycles. The number of nitrogens with zero attached hydrogens (tertiary/aromatic N) is 1. The third-order valence-electron chi connectivity index (χ3n) is 3.94. The molecule has 0 unspecified atom stereocenters. The lowest BCUT2D eigenvalue weighted by atomic mass is 10.1. The summed E-state index contributed by atoms with van der Waals surface area (Å²) in [6.07, 6.45) is 0. The van der Waals surface area contributed by atoms with Crippen LogP contribution in [0.1, 0.15) is 31.1 Å². The van der Waals surface area contributed by atoms with Crippen molar-refractivity contribution >= 4 is 10.9 Å². The molecule has 4 heteroatoms. The van der Waals surface area contributed by atoms with E-state index in [1.807, 2.05) is 0 Å². The van der Waals surface area contributed by atoms with Gasteiger partial charge in [-0.2, -0.15) is 0 Å². The molecule has 1 aromatic heterocycles. The minimum absolute atomic E-state index is 0.261. The molecule has 0 atom stereocenters. The van der Waals surface area contributed by atoms with E-state index in [-0.39, 0.29) is 5.82 Å². The highest BCUT2D eigenvalue weighted by Gasteiger charge is 2.12. The fraction of sp³-hybridized carbons (Fsp3) is 0.263. The Morgan fingerprint density at radius 1 is 1.09 bits per heavy atom. The summed E-state index contributed by atoms with van der Waals surface area (Å²) in [5.74, 6) is 0.401. The molecular formula is C19H21FN2O. The number of ether oxygens (including phenoxy) is 1. The predicted molar refractivity (Wildman–Crippen MR) is 90.9 cm³/mol. The molecule has 2 N–H and O–H groups in total. The molecule has 0 bridgehead atoms. The Bertz CT molecular complexity index is 806. The third-order valence-corrected chi connectivity index (χ3v) is 3.94. The molecule has 23 heavy (non-hydrogen) atoms. The summed E-state index contributed by atoms with van der Waals surface area (Å²) in [6.45, 7) is 5.27. The topological polar surface area (TPSA) is 40.2 Å². The van der Waals surface area contributed by atoms with E-state index in [0.717, 1.165) is 11.3 Å². The number of fused-ring (bicyclic) bond motifs is 1. The van der Waals surface area contributed by atoms with E-state index in [2.05, 4.69) is 42.7 Å². The molecule has 1 heterocycles. The highest BCUT2D eigenvalue weighted by atomic mass is 19.1. The van der Waals surface area contributed by atoms with Crippen LogP contribution >= 0.6 is 0 Å². The van der Waals surface area contributed by atoms with Crippen LogP contribution in [0.4, 0.5) is 4.39 Å². The molecule has 0 saturated heterocycles. The van der Waals surface area contributed by atoms with Crippen LogP contribution < -0.4 is 10.5 Å². The van der Waals surface area contributed by atoms with Gasteiger partial charge in [0.25, 0.3) is 0 Å². The highest BCUT2D eigenvalue weighted by Crippen LogP contribution is 2.26. The number of hydrogen-bond donors (Lipinski definition) is 1. The number of halogens is 1. The Morgan fingerprint density at radius 2 is 1.83 bits per heavy atom. The average molecular weight is 312 g/mol. The second kappa shape index (κ2) is 6.42. The minimum atomic E-state index is -0.261. The van der Waals surface area contributed by atoms with Crippen molar-refractivity contribution in [1.29, 1.82) is 0 Å². The summed E-state index contributed by atoms with van der Waals surface area (Å²) in [4.78, 5) is 0. The standard InChI is InChI=1S/C19H21FN2O/c1-13(2)22-17(12-23-18-6-4-16(20)5-7-18)10-15-9-14(11-21)3-8-19(15)22/h3-10,13H,11-12,21H2,1-2H3. The number of aromatic nitrogens is 1. The monoisotopic (exact) mass is 312 g/mol. The van der Waals surface area contributed by atoms with Crippen molar-refractivity contribution in [2.75, 3.05) is 0 Å². The molecule has 0 saturated carbocycles. The van der Waals surface area contributed by atoms with Crippen LogP contribution in [-0.2, 0) is 13.2 Å². The van der Waals surface area contributed by atoms with Crippen molar-refractivity contribution in [3.63, 3.8) is 0 Å². The van der Waals surface area contributed by atoms with Gasteiger partial charge >= 0.3 is 0 Å². The summed E-state index contributed by atoms with van der Waals surface area (Å²) in [5.41, 5.74) is 9.11. The van der Waals surface area contributed by atoms with Crippen molar-refractivity contribution < 1.29 is 9.13 Å². The van der Waals surface area contributed by atoms with Crippen LogP contribution in [0.3, 0.4) is 0 Å². The molecule has 0 radical (unpaired) electrons. The molecule has 120 valence electrons. The third kappa shape index (κ3) is 3.22. The number of rotatable bonds is 5. The lowest BCUT2D eigenvalue weighted by molar-refractivity contribution is 0.292. The predicted octanol–water partition coefficient (Wildman–Crippen LogP) is 4.40. The summed E-state index contributed by atoms with van der Waals surface area (Å²) < 4.78 is 21.0. The second-order valence-corrected chi connectivity index (χ2v) is 5.94. The van der Waals surface area contributed by atoms with E-state index < -0.39 is 0 Å². The van der Waals surface area contributed by atoms with Gasteiger partial charge in [-0.15, -0.1) is 0 Å². The van der Waals surface area contributed by atoms with Gasteiger partial charge in [0.15, 0.2) is 0 Å². The summed E-state index contributed by atoms with van der Waals surface area (Å²) >= 11 is 0. The van der Waals surface area contributed by atoms with E-state index in [4.69, 9.17) is 10.5 Å². The first-order chi connectivity index (χ1) is 11.1. The van der Waals surface area contributed by atoms with Crippen molar-refractivity contribution in [3.8, 4) is 5.75 Å². The summed E-state index contributed by atoms with van der Waals surface area (Å²) in [7, 11) is 0. The zero-order valence-corrected chi connectivity index (χ0v) is 13.4. The maximum atomic E-state index is 13.0. The van der Waals surface area contributed by atoms with Gasteiger partial charge in [-0.05, 0) is 61.9 Å². The molecule has 0 aliphatic carbocycles. The van der Waals surface area contributed by atoms with E-state index in [1.165, 1.54) is 23.0 Å². The normalized spacial score (nSPS) is 11.3. The second-order valence-electron chi connectivity index (χ2n) is 5.94. The van der Waals surface area contributed by atoms with Gasteiger partial charge in [-0.25, -0.2) is 4.39 Å². The molecule has 3 nitrogen and oxygen atoms in total. The van der Waals surface area contributed by atoms with E-state index >= 15 is 0 Å². The van der Waals surface area contributed by atoms with E-state index in [9.17, 15) is 4.39 Å². The Kier molecular flexibility index (Phi) is 4.35. The highest BCUT2D eigenvalue weighted by molar-refractivity contribution is 5.82. The molecular weight excluding hydrogens is 291 g/mol. The molecule has 0 aliphatic rings. The Labute approximate surface area is 135 Å². The number of hydrogen-bond acceptors (Lipinski definition) is 2. The molecule has 3 aromatic rings. The van der Waals surface area contributed by atoms with Gasteiger partial charge in [0.05, 0.1) is 5.69 Å². The molecule has 2 aromatic carbocycles. The first kappa shape index (κ1) is 15.6. The smallest absolute Gasteiger partial charge is 0.128 e. The van der Waals surface area contributed by atoms with E-state index in [0.29, 0.717) is 24.9 Å². The largest absolute Gasteiger partial charge is 0.487 e. The van der Waals surface area contributed by atoms with Crippen LogP contribution in [0.2, 0.25) is 0 Å². The van der Waals surface area contributed by atoms with E-state index in [1.54, 1.807) is 12.1 Å². The lowest BCUT2D eigenvalue weighted by Gasteiger charge is -2.15. The van der Waals surface area contributed by atoms with Crippen LogP contribution in [0, 0.1) is 5.82 Å². The van der Waals surface area contributed by atoms with Gasteiger partial charge in [-0.3, -0.25) is 0 Å². The minimum Gasteiger partial charge on any atom is -0.487 e. The van der Waals surface area contributed by atoms with Gasteiger partial charge in [0.2, 0.25) is 0 Å². The summed E-state index contributed by atoms with van der Waals surface area (Å²) in [6, 6.07) is 14.8. The SMILES string of the molecule is CC(C)n1c(COc2ccc(F)cc2)cc2cc(CN)ccc21. The Morgan fingerprint density at radius 3 is 2.48 bits per heavy atom. The zero-order valence-electron chi connectivity index (χ0n) is 13.4. The van der Waals surface area contributed by atoms with Crippen LogP contribution in [0.15, 0.2) is 48.5 Å². The maximum absolute atomic E-state index is 13.0. The molecule has 3 rings (SSSR count). The average Bonchev–Trinajstić information content (AvgIpc) is 2.91. The summed E-state index contributed by atoms with van der Waals surface area (Å²) in [5, 5.41) is 1.17. The van der Waals surface area contributed by atoms with Crippen LogP contribution in [0.25, 0.3) is 10.9 Å². The van der Waals surface area contributed by atoms with Crippen molar-refractivity contribution in [1.82, 2.24) is 4.57 Å². The lowest BCUT2D eigenvalue weighted by Crippen LogP contribution is -2.08.